The first-order chi connectivity index (χ1) is 9.85. The van der Waals surface area contributed by atoms with Crippen molar-refractivity contribution in [3.8, 4) is 11.5 Å². The fourth-order valence-electron chi connectivity index (χ4n) is 2.67. The number of hydrogen-bond donors (Lipinski definition) is 1. The Morgan fingerprint density at radius 3 is 2.60 bits per heavy atom. The summed E-state index contributed by atoms with van der Waals surface area (Å²) in [6.07, 6.45) is 6.76. The second kappa shape index (κ2) is 6.06. The van der Waals surface area contributed by atoms with Crippen LogP contribution in [0.3, 0.4) is 0 Å². The summed E-state index contributed by atoms with van der Waals surface area (Å²) in [5.41, 5.74) is 3.94. The first kappa shape index (κ1) is 13.1. The summed E-state index contributed by atoms with van der Waals surface area (Å²) in [5.74, 6) is 1.70. The summed E-state index contributed by atoms with van der Waals surface area (Å²) < 4.78 is 5.89. The van der Waals surface area contributed by atoms with Gasteiger partial charge in [0.2, 0.25) is 0 Å². The van der Waals surface area contributed by atoms with E-state index >= 15 is 0 Å². The molecule has 0 unspecified atom stereocenters. The molecule has 3 heteroatoms. The summed E-state index contributed by atoms with van der Waals surface area (Å²) in [5, 5.41) is 3.08. The van der Waals surface area contributed by atoms with Gasteiger partial charge in [-0.2, -0.15) is 0 Å². The molecule has 0 aliphatic heterocycles. The number of nitrogens with one attached hydrogen (secondary N) is 1. The van der Waals surface area contributed by atoms with Crippen molar-refractivity contribution in [2.24, 2.45) is 0 Å². The average Bonchev–Trinajstić information content (AvgIpc) is 2.49. The third-order valence-electron chi connectivity index (χ3n) is 3.71. The Morgan fingerprint density at radius 1 is 1.05 bits per heavy atom. The van der Waals surface area contributed by atoms with Crippen molar-refractivity contribution in [2.75, 3.05) is 7.05 Å². The number of ether oxygens (including phenoxy) is 1. The van der Waals surface area contributed by atoms with E-state index in [4.69, 9.17) is 4.74 Å². The summed E-state index contributed by atoms with van der Waals surface area (Å²) in [6.45, 7) is 0.777. The summed E-state index contributed by atoms with van der Waals surface area (Å²) in [7, 11) is 1.92. The molecule has 2 aromatic rings. The Hall–Kier alpha value is -1.87. The average molecular weight is 268 g/mol. The van der Waals surface area contributed by atoms with Gasteiger partial charge in [0, 0.05) is 6.54 Å². The molecule has 0 amide bonds. The first-order valence-corrected chi connectivity index (χ1v) is 7.24. The summed E-state index contributed by atoms with van der Waals surface area (Å²) in [6, 6.07) is 10.4. The number of rotatable bonds is 4. The predicted molar refractivity (Wildman–Crippen MR) is 80.2 cm³/mol. The lowest BCUT2D eigenvalue weighted by Gasteiger charge is -2.16. The van der Waals surface area contributed by atoms with Crippen molar-refractivity contribution in [3.63, 3.8) is 0 Å². The van der Waals surface area contributed by atoms with E-state index in [-0.39, 0.29) is 0 Å². The molecule has 1 heterocycles. The molecular weight excluding hydrogens is 248 g/mol. The van der Waals surface area contributed by atoms with Gasteiger partial charge in [0.25, 0.3) is 0 Å². The Labute approximate surface area is 120 Å². The fraction of sp³-hybridized carbons (Fsp3) is 0.353. The Bertz CT molecular complexity index is 578. The van der Waals surface area contributed by atoms with Crippen molar-refractivity contribution in [1.82, 2.24) is 10.3 Å². The van der Waals surface area contributed by atoms with Crippen molar-refractivity contribution < 1.29 is 4.74 Å². The number of fused-ring (bicyclic) bond motifs is 1. The topological polar surface area (TPSA) is 34.1 Å². The van der Waals surface area contributed by atoms with Crippen LogP contribution >= 0.6 is 0 Å². The molecule has 1 aromatic heterocycles. The second-order valence-corrected chi connectivity index (χ2v) is 5.26. The number of aryl methyl sites for hydroxylation is 2. The first-order valence-electron chi connectivity index (χ1n) is 7.24. The van der Waals surface area contributed by atoms with Crippen LogP contribution in [0.2, 0.25) is 0 Å². The van der Waals surface area contributed by atoms with Crippen LogP contribution in [0, 0.1) is 0 Å². The molecule has 0 spiro atoms. The third kappa shape index (κ3) is 2.99. The van der Waals surface area contributed by atoms with E-state index in [1.165, 1.54) is 36.8 Å². The zero-order valence-corrected chi connectivity index (χ0v) is 11.9. The van der Waals surface area contributed by atoms with Crippen LogP contribution in [0.4, 0.5) is 0 Å². The molecule has 1 aliphatic rings. The Balaban J connectivity index is 1.73. The van der Waals surface area contributed by atoms with Crippen molar-refractivity contribution in [3.05, 3.63) is 53.3 Å². The van der Waals surface area contributed by atoms with Gasteiger partial charge in [0.15, 0.2) is 0 Å². The highest BCUT2D eigenvalue weighted by Crippen LogP contribution is 2.28. The zero-order chi connectivity index (χ0) is 13.8. The molecule has 3 nitrogen and oxygen atoms in total. The van der Waals surface area contributed by atoms with Crippen molar-refractivity contribution >= 4 is 0 Å². The molecule has 104 valence electrons. The molecule has 3 rings (SSSR count). The minimum Gasteiger partial charge on any atom is -0.456 e. The number of pyridine rings is 1. The highest BCUT2D eigenvalue weighted by atomic mass is 16.5. The van der Waals surface area contributed by atoms with Gasteiger partial charge >= 0.3 is 0 Å². The van der Waals surface area contributed by atoms with E-state index in [2.05, 4.69) is 28.5 Å². The number of hydrogen-bond acceptors (Lipinski definition) is 3. The van der Waals surface area contributed by atoms with Crippen LogP contribution in [0.15, 0.2) is 36.5 Å². The van der Waals surface area contributed by atoms with E-state index in [0.29, 0.717) is 0 Å². The van der Waals surface area contributed by atoms with Gasteiger partial charge in [-0.25, -0.2) is 0 Å². The monoisotopic (exact) mass is 268 g/mol. The SMILES string of the molecule is CNCc1ccc(Oc2ccc3c(c2)CCCC3)cn1. The van der Waals surface area contributed by atoms with Gasteiger partial charge in [-0.15, -0.1) is 0 Å². The van der Waals surface area contributed by atoms with Crippen molar-refractivity contribution in [2.45, 2.75) is 32.2 Å². The molecule has 0 saturated heterocycles. The van der Waals surface area contributed by atoms with Gasteiger partial charge in [0.05, 0.1) is 11.9 Å². The van der Waals surface area contributed by atoms with Gasteiger partial charge in [-0.3, -0.25) is 4.98 Å². The molecule has 20 heavy (non-hydrogen) atoms. The van der Waals surface area contributed by atoms with Gasteiger partial charge in [0.1, 0.15) is 11.5 Å². The number of aromatic nitrogens is 1. The zero-order valence-electron chi connectivity index (χ0n) is 11.9. The maximum Gasteiger partial charge on any atom is 0.145 e. The summed E-state index contributed by atoms with van der Waals surface area (Å²) in [4.78, 5) is 4.36. The number of benzene rings is 1. The molecule has 0 atom stereocenters. The van der Waals surface area contributed by atoms with Gasteiger partial charge in [-0.1, -0.05) is 6.07 Å². The highest BCUT2D eigenvalue weighted by Gasteiger charge is 2.10. The molecule has 1 aliphatic carbocycles. The largest absolute Gasteiger partial charge is 0.456 e. The number of nitrogens with zero attached hydrogens (tertiary/aromatic N) is 1. The molecule has 0 saturated carbocycles. The fourth-order valence-corrected chi connectivity index (χ4v) is 2.67. The normalized spacial score (nSPS) is 13.8. The van der Waals surface area contributed by atoms with Crippen LogP contribution < -0.4 is 10.1 Å². The maximum absolute atomic E-state index is 5.89. The predicted octanol–water partition coefficient (Wildman–Crippen LogP) is 3.47. The molecule has 0 fully saturated rings. The standard InChI is InChI=1S/C17H20N2O/c1-18-11-15-7-9-17(12-19-15)20-16-8-6-13-4-2-3-5-14(13)10-16/h6-10,12,18H,2-5,11H2,1H3. The van der Waals surface area contributed by atoms with E-state index in [1.54, 1.807) is 6.20 Å². The molecule has 0 radical (unpaired) electrons. The lowest BCUT2D eigenvalue weighted by atomic mass is 9.92. The molecule has 1 N–H and O–H groups in total. The van der Waals surface area contributed by atoms with Crippen LogP contribution in [0.5, 0.6) is 11.5 Å². The quantitative estimate of drug-likeness (QED) is 0.922. The Kier molecular flexibility index (Phi) is 3.97. The van der Waals surface area contributed by atoms with Crippen LogP contribution in [0.25, 0.3) is 0 Å². The molecule has 1 aromatic carbocycles. The van der Waals surface area contributed by atoms with Crippen LogP contribution in [0.1, 0.15) is 29.7 Å². The smallest absolute Gasteiger partial charge is 0.145 e. The molecular formula is C17H20N2O. The van der Waals surface area contributed by atoms with Crippen LogP contribution in [-0.4, -0.2) is 12.0 Å². The summed E-state index contributed by atoms with van der Waals surface area (Å²) >= 11 is 0. The highest BCUT2D eigenvalue weighted by molar-refractivity contribution is 5.39. The second-order valence-electron chi connectivity index (χ2n) is 5.26. The third-order valence-corrected chi connectivity index (χ3v) is 3.71. The van der Waals surface area contributed by atoms with E-state index < -0.39 is 0 Å². The van der Waals surface area contributed by atoms with E-state index in [9.17, 15) is 0 Å². The van der Waals surface area contributed by atoms with Gasteiger partial charge < -0.3 is 10.1 Å². The van der Waals surface area contributed by atoms with Crippen LogP contribution in [-0.2, 0) is 19.4 Å². The van der Waals surface area contributed by atoms with E-state index in [1.807, 2.05) is 19.2 Å². The van der Waals surface area contributed by atoms with Crippen molar-refractivity contribution in [1.29, 1.82) is 0 Å². The molecule has 0 bridgehead atoms. The maximum atomic E-state index is 5.89. The van der Waals surface area contributed by atoms with Gasteiger partial charge in [-0.05, 0) is 68.1 Å². The lowest BCUT2D eigenvalue weighted by molar-refractivity contribution is 0.477. The minimum atomic E-state index is 0.777. The Morgan fingerprint density at radius 2 is 1.85 bits per heavy atom. The van der Waals surface area contributed by atoms with E-state index in [0.717, 1.165) is 23.7 Å². The minimum absolute atomic E-state index is 0.777. The lowest BCUT2D eigenvalue weighted by Crippen LogP contribution is -2.06.